The van der Waals surface area contributed by atoms with Crippen molar-refractivity contribution >= 4 is 27.7 Å². The molecule has 2 aromatic carbocycles. The second kappa shape index (κ2) is 12.7. The van der Waals surface area contributed by atoms with E-state index in [1.54, 1.807) is 17.0 Å². The molecule has 6 heteroatoms. The Morgan fingerprint density at radius 1 is 1.12 bits per heavy atom. The van der Waals surface area contributed by atoms with Crippen molar-refractivity contribution in [1.82, 2.24) is 4.90 Å². The smallest absolute Gasteiger partial charge is 0.419 e. The van der Waals surface area contributed by atoms with Gasteiger partial charge in [0.25, 0.3) is 0 Å². The quantitative estimate of drug-likeness (QED) is 0.262. The number of carbonyl (C=O) groups is 1. The number of nitrogens with zero attached hydrogens (tertiary/aromatic N) is 2. The lowest BCUT2D eigenvalue weighted by Crippen LogP contribution is -2.37. The van der Waals surface area contributed by atoms with Gasteiger partial charge in [-0.05, 0) is 87.3 Å². The minimum absolute atomic E-state index is 0.347. The number of likely N-dealkylation sites (N-methyl/N-ethyl adjacent to an activating group) is 1. The van der Waals surface area contributed by atoms with E-state index in [1.165, 1.54) is 19.3 Å². The van der Waals surface area contributed by atoms with E-state index in [4.69, 9.17) is 9.47 Å². The third-order valence-corrected chi connectivity index (χ3v) is 6.08. The minimum Gasteiger partial charge on any atom is -0.494 e. The van der Waals surface area contributed by atoms with Crippen LogP contribution in [0.3, 0.4) is 0 Å². The molecule has 0 N–H and O–H groups in total. The van der Waals surface area contributed by atoms with Crippen LogP contribution in [0, 0.1) is 0 Å². The molecule has 1 aliphatic heterocycles. The van der Waals surface area contributed by atoms with E-state index in [9.17, 15) is 4.79 Å². The Labute approximate surface area is 200 Å². The highest BCUT2D eigenvalue weighted by Crippen LogP contribution is 2.31. The highest BCUT2D eigenvalue weighted by Gasteiger charge is 2.24. The second-order valence-corrected chi connectivity index (χ2v) is 9.10. The summed E-state index contributed by atoms with van der Waals surface area (Å²) in [5.74, 6) is 1.41. The van der Waals surface area contributed by atoms with Crippen molar-refractivity contribution in [3.8, 4) is 11.5 Å². The second-order valence-electron chi connectivity index (χ2n) is 8.18. The van der Waals surface area contributed by atoms with Crippen LogP contribution in [0.25, 0.3) is 0 Å². The molecule has 0 spiro atoms. The number of hydrogen-bond donors (Lipinski definition) is 0. The minimum atomic E-state index is -0.347. The topological polar surface area (TPSA) is 42.0 Å². The first-order valence-electron chi connectivity index (χ1n) is 11.4. The molecular weight excluding hydrogens is 468 g/mol. The Morgan fingerprint density at radius 3 is 2.66 bits per heavy atom. The summed E-state index contributed by atoms with van der Waals surface area (Å²) in [6.45, 7) is 7.20. The van der Waals surface area contributed by atoms with E-state index in [0.717, 1.165) is 60.4 Å². The lowest BCUT2D eigenvalue weighted by Gasteiger charge is -2.29. The van der Waals surface area contributed by atoms with Crippen molar-refractivity contribution in [1.29, 1.82) is 0 Å². The first-order chi connectivity index (χ1) is 15.6. The molecule has 1 aliphatic rings. The van der Waals surface area contributed by atoms with Crippen molar-refractivity contribution in [3.05, 3.63) is 65.2 Å². The molecule has 0 atom stereocenters. The normalized spacial score (nSPS) is 13.0. The van der Waals surface area contributed by atoms with Gasteiger partial charge in [-0.25, -0.2) is 4.79 Å². The first kappa shape index (κ1) is 24.3. The van der Waals surface area contributed by atoms with Gasteiger partial charge in [0, 0.05) is 17.6 Å². The summed E-state index contributed by atoms with van der Waals surface area (Å²) in [6, 6.07) is 13.3. The maximum Gasteiger partial charge on any atom is 0.419 e. The molecule has 0 unspecified atom stereocenters. The third-order valence-electron chi connectivity index (χ3n) is 5.55. The van der Waals surface area contributed by atoms with Crippen LogP contribution in [0.4, 0.5) is 10.5 Å². The van der Waals surface area contributed by atoms with Crippen LogP contribution >= 0.6 is 15.9 Å². The van der Waals surface area contributed by atoms with Gasteiger partial charge in [0.1, 0.15) is 11.5 Å². The van der Waals surface area contributed by atoms with Crippen molar-refractivity contribution in [2.45, 2.75) is 38.5 Å². The monoisotopic (exact) mass is 500 g/mol. The van der Waals surface area contributed by atoms with E-state index < -0.39 is 0 Å². The van der Waals surface area contributed by atoms with Gasteiger partial charge < -0.3 is 14.4 Å². The number of fused-ring (bicyclic) bond motifs is 1. The SMILES string of the molecule is C=CCN(C)CCCCCCOc1ccc2c(c1)CCCN2C(=O)Oc1ccc(Br)cc1. The molecule has 0 saturated carbocycles. The lowest BCUT2D eigenvalue weighted by atomic mass is 10.0. The summed E-state index contributed by atoms with van der Waals surface area (Å²) >= 11 is 3.39. The number of unbranched alkanes of at least 4 members (excludes halogenated alkanes) is 3. The summed E-state index contributed by atoms with van der Waals surface area (Å²) in [6.07, 6.45) is 8.08. The molecule has 32 heavy (non-hydrogen) atoms. The highest BCUT2D eigenvalue weighted by molar-refractivity contribution is 9.10. The molecule has 0 aromatic heterocycles. The highest BCUT2D eigenvalue weighted by atomic mass is 79.9. The van der Waals surface area contributed by atoms with Crippen LogP contribution in [0.15, 0.2) is 59.6 Å². The van der Waals surface area contributed by atoms with Gasteiger partial charge in [-0.1, -0.05) is 34.8 Å². The van der Waals surface area contributed by atoms with Crippen LogP contribution in [-0.2, 0) is 6.42 Å². The lowest BCUT2D eigenvalue weighted by molar-refractivity contribution is 0.207. The van der Waals surface area contributed by atoms with Crippen molar-refractivity contribution in [3.63, 3.8) is 0 Å². The van der Waals surface area contributed by atoms with Crippen LogP contribution in [-0.4, -0.2) is 44.3 Å². The zero-order valence-electron chi connectivity index (χ0n) is 18.9. The number of benzene rings is 2. The van der Waals surface area contributed by atoms with Crippen molar-refractivity contribution < 1.29 is 14.3 Å². The molecule has 2 aromatic rings. The summed E-state index contributed by atoms with van der Waals surface area (Å²) in [5, 5.41) is 0. The van der Waals surface area contributed by atoms with Crippen LogP contribution in [0.1, 0.15) is 37.7 Å². The van der Waals surface area contributed by atoms with Gasteiger partial charge in [0.05, 0.1) is 12.3 Å². The molecular formula is C26H33BrN2O3. The number of hydrogen-bond acceptors (Lipinski definition) is 4. The predicted octanol–water partition coefficient (Wildman–Crippen LogP) is 6.46. The Morgan fingerprint density at radius 2 is 1.88 bits per heavy atom. The fourth-order valence-electron chi connectivity index (χ4n) is 3.85. The maximum absolute atomic E-state index is 12.7. The van der Waals surface area contributed by atoms with E-state index in [1.807, 2.05) is 30.3 Å². The molecule has 0 bridgehead atoms. The molecule has 3 rings (SSSR count). The van der Waals surface area contributed by atoms with E-state index in [2.05, 4.69) is 40.5 Å². The summed E-state index contributed by atoms with van der Waals surface area (Å²) in [4.78, 5) is 16.7. The number of halogens is 1. The Bertz CT molecular complexity index is 885. The molecule has 1 amide bonds. The molecule has 5 nitrogen and oxygen atoms in total. The molecule has 1 heterocycles. The average Bonchev–Trinajstić information content (AvgIpc) is 2.79. The number of aryl methyl sites for hydroxylation is 1. The van der Waals surface area contributed by atoms with Crippen LogP contribution in [0.5, 0.6) is 11.5 Å². The largest absolute Gasteiger partial charge is 0.494 e. The molecule has 0 aliphatic carbocycles. The van der Waals surface area contributed by atoms with Gasteiger partial charge >= 0.3 is 6.09 Å². The van der Waals surface area contributed by atoms with E-state index in [-0.39, 0.29) is 6.09 Å². The van der Waals surface area contributed by atoms with E-state index >= 15 is 0 Å². The Balaban J connectivity index is 1.45. The Kier molecular flexibility index (Phi) is 9.62. The van der Waals surface area contributed by atoms with Gasteiger partial charge in [-0.2, -0.15) is 0 Å². The van der Waals surface area contributed by atoms with Crippen LogP contribution < -0.4 is 14.4 Å². The van der Waals surface area contributed by atoms with Crippen LogP contribution in [0.2, 0.25) is 0 Å². The molecule has 172 valence electrons. The zero-order valence-corrected chi connectivity index (χ0v) is 20.5. The van der Waals surface area contributed by atoms with E-state index in [0.29, 0.717) is 12.3 Å². The maximum atomic E-state index is 12.7. The van der Waals surface area contributed by atoms with Gasteiger partial charge in [0.2, 0.25) is 0 Å². The fraction of sp³-hybridized carbons (Fsp3) is 0.423. The number of ether oxygens (including phenoxy) is 2. The summed E-state index contributed by atoms with van der Waals surface area (Å²) in [5.41, 5.74) is 2.04. The molecule has 0 radical (unpaired) electrons. The number of anilines is 1. The summed E-state index contributed by atoms with van der Waals surface area (Å²) < 4.78 is 12.5. The number of rotatable bonds is 11. The van der Waals surface area contributed by atoms with Gasteiger partial charge in [-0.15, -0.1) is 6.58 Å². The Hall–Kier alpha value is -2.31. The fourth-order valence-corrected chi connectivity index (χ4v) is 4.11. The first-order valence-corrected chi connectivity index (χ1v) is 12.2. The zero-order chi connectivity index (χ0) is 22.8. The van der Waals surface area contributed by atoms with Gasteiger partial charge in [0.15, 0.2) is 0 Å². The van der Waals surface area contributed by atoms with Gasteiger partial charge in [-0.3, -0.25) is 4.90 Å². The van der Waals surface area contributed by atoms with Crippen molar-refractivity contribution in [2.75, 3.05) is 38.2 Å². The molecule has 0 saturated heterocycles. The third kappa shape index (κ3) is 7.38. The average molecular weight is 501 g/mol. The summed E-state index contributed by atoms with van der Waals surface area (Å²) in [7, 11) is 2.13. The number of amides is 1. The number of carbonyl (C=O) groups excluding carboxylic acids is 1. The van der Waals surface area contributed by atoms with Crippen molar-refractivity contribution in [2.24, 2.45) is 0 Å². The molecule has 0 fully saturated rings. The standard InChI is InChI=1S/C26H33BrN2O3/c1-3-16-28(2)17-6-4-5-7-19-31-24-14-15-25-21(20-24)9-8-18-29(25)26(30)32-23-12-10-22(27)11-13-23/h3,10-15,20H,1,4-9,16-19H2,2H3. The predicted molar refractivity (Wildman–Crippen MR) is 134 cm³/mol.